The van der Waals surface area contributed by atoms with Crippen LogP contribution in [0.2, 0.25) is 0 Å². The van der Waals surface area contributed by atoms with Crippen molar-refractivity contribution in [3.63, 3.8) is 0 Å². The zero-order chi connectivity index (χ0) is 9.81. The average Bonchev–Trinajstić information content (AvgIpc) is 2.32. The van der Waals surface area contributed by atoms with Crippen LogP contribution >= 0.6 is 0 Å². The highest BCUT2D eigenvalue weighted by atomic mass is 15.5. The SMILES string of the molecule is CC1(C)N2CCCC3(CCCCN31)C2. The van der Waals surface area contributed by atoms with Crippen LogP contribution in [0.4, 0.5) is 0 Å². The number of rotatable bonds is 0. The van der Waals surface area contributed by atoms with Gasteiger partial charge in [0.25, 0.3) is 0 Å². The van der Waals surface area contributed by atoms with Gasteiger partial charge in [-0.2, -0.15) is 0 Å². The molecule has 3 rings (SSSR count). The maximum Gasteiger partial charge on any atom is 0.0685 e. The number of nitrogens with zero attached hydrogens (tertiary/aromatic N) is 2. The highest BCUT2D eigenvalue weighted by Gasteiger charge is 2.56. The Hall–Kier alpha value is -0.0800. The Morgan fingerprint density at radius 2 is 1.71 bits per heavy atom. The van der Waals surface area contributed by atoms with E-state index in [-0.39, 0.29) is 0 Å². The van der Waals surface area contributed by atoms with Gasteiger partial charge in [-0.05, 0) is 39.5 Å². The van der Waals surface area contributed by atoms with Gasteiger partial charge in [0.2, 0.25) is 0 Å². The summed E-state index contributed by atoms with van der Waals surface area (Å²) >= 11 is 0. The first-order valence-corrected chi connectivity index (χ1v) is 6.18. The van der Waals surface area contributed by atoms with Crippen LogP contribution in [-0.4, -0.2) is 40.6 Å². The van der Waals surface area contributed by atoms with Crippen molar-refractivity contribution in [2.45, 2.75) is 57.2 Å². The second-order valence-corrected chi connectivity index (χ2v) is 5.85. The fraction of sp³-hybridized carbons (Fsp3) is 1.00. The number of hydrogen-bond donors (Lipinski definition) is 0. The van der Waals surface area contributed by atoms with E-state index >= 15 is 0 Å². The van der Waals surface area contributed by atoms with Gasteiger partial charge in [0.15, 0.2) is 0 Å². The summed E-state index contributed by atoms with van der Waals surface area (Å²) in [5.41, 5.74) is 0.927. The molecule has 2 unspecified atom stereocenters. The lowest BCUT2D eigenvalue weighted by molar-refractivity contribution is 0.00343. The Balaban J connectivity index is 1.99. The molecule has 1 spiro atoms. The second-order valence-electron chi connectivity index (χ2n) is 5.85. The Morgan fingerprint density at radius 3 is 2.57 bits per heavy atom. The predicted octanol–water partition coefficient (Wildman–Crippen LogP) is 2.06. The lowest BCUT2D eigenvalue weighted by Gasteiger charge is -2.46. The number of piperidine rings is 2. The second kappa shape index (κ2) is 2.73. The van der Waals surface area contributed by atoms with Crippen LogP contribution in [0.5, 0.6) is 0 Å². The molecule has 0 aromatic carbocycles. The zero-order valence-corrected chi connectivity index (χ0v) is 9.55. The first-order chi connectivity index (χ1) is 6.65. The van der Waals surface area contributed by atoms with E-state index in [1.165, 1.54) is 51.7 Å². The largest absolute Gasteiger partial charge is 0.284 e. The summed E-state index contributed by atoms with van der Waals surface area (Å²) in [5, 5.41) is 0. The van der Waals surface area contributed by atoms with Crippen LogP contribution in [0, 0.1) is 0 Å². The molecule has 3 aliphatic heterocycles. The van der Waals surface area contributed by atoms with Crippen LogP contribution in [0.1, 0.15) is 46.0 Å². The molecule has 0 aliphatic carbocycles. The zero-order valence-electron chi connectivity index (χ0n) is 9.55. The molecule has 2 bridgehead atoms. The lowest BCUT2D eigenvalue weighted by atomic mass is 9.82. The van der Waals surface area contributed by atoms with E-state index in [4.69, 9.17) is 0 Å². The van der Waals surface area contributed by atoms with Gasteiger partial charge >= 0.3 is 0 Å². The molecule has 0 aromatic rings. The van der Waals surface area contributed by atoms with Gasteiger partial charge in [0, 0.05) is 25.2 Å². The fourth-order valence-corrected chi connectivity index (χ4v) is 4.12. The van der Waals surface area contributed by atoms with Gasteiger partial charge in [0.05, 0.1) is 5.66 Å². The van der Waals surface area contributed by atoms with Gasteiger partial charge in [-0.3, -0.25) is 9.80 Å². The molecule has 0 amide bonds. The van der Waals surface area contributed by atoms with E-state index in [9.17, 15) is 0 Å². The third-order valence-corrected chi connectivity index (χ3v) is 4.84. The summed E-state index contributed by atoms with van der Waals surface area (Å²) in [4.78, 5) is 5.53. The van der Waals surface area contributed by atoms with Crippen LogP contribution < -0.4 is 0 Å². The Bertz CT molecular complexity index is 245. The molecule has 80 valence electrons. The van der Waals surface area contributed by atoms with Crippen molar-refractivity contribution in [1.29, 1.82) is 0 Å². The van der Waals surface area contributed by atoms with Gasteiger partial charge in [-0.25, -0.2) is 0 Å². The molecule has 2 nitrogen and oxygen atoms in total. The standard InChI is InChI=1S/C12H22N2/c1-11(2)13-8-5-7-12(10-13)6-3-4-9-14(11)12/h3-10H2,1-2H3. The van der Waals surface area contributed by atoms with Crippen molar-refractivity contribution < 1.29 is 0 Å². The summed E-state index contributed by atoms with van der Waals surface area (Å²) < 4.78 is 0. The average molecular weight is 194 g/mol. The van der Waals surface area contributed by atoms with Gasteiger partial charge in [0.1, 0.15) is 0 Å². The third kappa shape index (κ3) is 0.989. The van der Waals surface area contributed by atoms with E-state index in [1.54, 1.807) is 0 Å². The van der Waals surface area contributed by atoms with Crippen molar-refractivity contribution in [1.82, 2.24) is 9.80 Å². The summed E-state index contributed by atoms with van der Waals surface area (Å²) in [5.74, 6) is 0. The Kier molecular flexibility index (Phi) is 1.79. The fourth-order valence-electron chi connectivity index (χ4n) is 4.12. The topological polar surface area (TPSA) is 6.48 Å². The van der Waals surface area contributed by atoms with Crippen LogP contribution in [0.15, 0.2) is 0 Å². The number of hydrogen-bond acceptors (Lipinski definition) is 2. The molecular formula is C12H22N2. The summed E-state index contributed by atoms with van der Waals surface area (Å²) in [6.45, 7) is 8.85. The molecule has 3 aliphatic rings. The summed E-state index contributed by atoms with van der Waals surface area (Å²) in [6, 6.07) is 0. The highest BCUT2D eigenvalue weighted by Crippen LogP contribution is 2.48. The first kappa shape index (κ1) is 9.17. The first-order valence-electron chi connectivity index (χ1n) is 6.18. The molecule has 0 N–H and O–H groups in total. The van der Waals surface area contributed by atoms with E-state index < -0.39 is 0 Å². The summed E-state index contributed by atoms with van der Waals surface area (Å²) in [7, 11) is 0. The normalized spacial score (nSPS) is 46.3. The smallest absolute Gasteiger partial charge is 0.0685 e. The van der Waals surface area contributed by atoms with E-state index in [1.807, 2.05) is 0 Å². The molecule has 0 aromatic heterocycles. The van der Waals surface area contributed by atoms with Crippen molar-refractivity contribution in [3.8, 4) is 0 Å². The minimum atomic E-state index is 0.344. The Labute approximate surface area is 87.3 Å². The van der Waals surface area contributed by atoms with Gasteiger partial charge in [-0.15, -0.1) is 0 Å². The van der Waals surface area contributed by atoms with Crippen LogP contribution in [0.25, 0.3) is 0 Å². The molecule has 3 heterocycles. The molecule has 0 radical (unpaired) electrons. The lowest BCUT2D eigenvalue weighted by Crippen LogP contribution is -2.55. The molecule has 3 saturated heterocycles. The summed E-state index contributed by atoms with van der Waals surface area (Å²) in [6.07, 6.45) is 7.19. The van der Waals surface area contributed by atoms with E-state index in [2.05, 4.69) is 23.6 Å². The predicted molar refractivity (Wildman–Crippen MR) is 58.2 cm³/mol. The van der Waals surface area contributed by atoms with E-state index in [0.717, 1.165) is 0 Å². The van der Waals surface area contributed by atoms with E-state index in [0.29, 0.717) is 11.2 Å². The minimum absolute atomic E-state index is 0.344. The van der Waals surface area contributed by atoms with Crippen molar-refractivity contribution in [3.05, 3.63) is 0 Å². The quantitative estimate of drug-likeness (QED) is 0.582. The molecule has 2 heteroatoms. The van der Waals surface area contributed by atoms with Gasteiger partial charge in [-0.1, -0.05) is 6.42 Å². The molecule has 0 saturated carbocycles. The van der Waals surface area contributed by atoms with Crippen molar-refractivity contribution >= 4 is 0 Å². The monoisotopic (exact) mass is 194 g/mol. The van der Waals surface area contributed by atoms with Crippen LogP contribution in [-0.2, 0) is 0 Å². The molecule has 2 atom stereocenters. The Morgan fingerprint density at radius 1 is 0.929 bits per heavy atom. The van der Waals surface area contributed by atoms with Crippen molar-refractivity contribution in [2.24, 2.45) is 0 Å². The van der Waals surface area contributed by atoms with Gasteiger partial charge < -0.3 is 0 Å². The van der Waals surface area contributed by atoms with Crippen molar-refractivity contribution in [2.75, 3.05) is 19.6 Å². The molecular weight excluding hydrogens is 172 g/mol. The molecule has 3 fully saturated rings. The number of fused-ring (bicyclic) bond motifs is 1. The minimum Gasteiger partial charge on any atom is -0.284 e. The highest BCUT2D eigenvalue weighted by molar-refractivity contribution is 5.10. The maximum atomic E-state index is 2.82. The van der Waals surface area contributed by atoms with Crippen LogP contribution in [0.3, 0.4) is 0 Å². The maximum absolute atomic E-state index is 2.82. The third-order valence-electron chi connectivity index (χ3n) is 4.84. The molecule has 14 heavy (non-hydrogen) atoms.